The smallest absolute Gasteiger partial charge is 0.480 e. The number of benzene rings is 1. The number of aliphatic carboxylic acids is 1. The van der Waals surface area contributed by atoms with Crippen LogP contribution in [0.3, 0.4) is 0 Å². The minimum atomic E-state index is -4.20. The molecule has 15 heteroatoms. The third kappa shape index (κ3) is 19.2. The van der Waals surface area contributed by atoms with Gasteiger partial charge in [0.05, 0.1) is 39.6 Å². The minimum absolute atomic E-state index is 0.0635. The van der Waals surface area contributed by atoms with Crippen molar-refractivity contribution in [3.8, 4) is 0 Å². The average molecular weight is 674 g/mol. The second-order valence-corrected chi connectivity index (χ2v) is 12.1. The zero-order valence-electron chi connectivity index (χ0n) is 27.4. The zero-order valence-corrected chi connectivity index (χ0v) is 28.3. The topological polar surface area (TPSA) is 186 Å². The van der Waals surface area contributed by atoms with Crippen molar-refractivity contribution in [1.82, 2.24) is 4.90 Å². The fraction of sp³-hybridized carbons (Fsp3) is 0.677. The number of carbonyl (C=O) groups is 3. The van der Waals surface area contributed by atoms with Crippen LogP contribution in [-0.4, -0.2) is 87.0 Å². The van der Waals surface area contributed by atoms with Crippen LogP contribution in [-0.2, 0) is 43.8 Å². The molecule has 0 heterocycles. The van der Waals surface area contributed by atoms with E-state index in [0.717, 1.165) is 44.1 Å². The van der Waals surface area contributed by atoms with Crippen LogP contribution in [0.15, 0.2) is 35.1 Å². The Morgan fingerprint density at radius 2 is 1.17 bits per heavy atom. The fourth-order valence-corrected chi connectivity index (χ4v) is 5.16. The zero-order chi connectivity index (χ0) is 34.0. The predicted molar refractivity (Wildman–Crippen MR) is 173 cm³/mol. The molecule has 0 spiro atoms. The normalized spacial score (nSPS) is 12.3. The molecule has 0 amide bonds. The first-order valence-electron chi connectivity index (χ1n) is 15.9. The summed E-state index contributed by atoms with van der Waals surface area (Å²) in [7, 11) is -2.76. The van der Waals surface area contributed by atoms with E-state index < -0.39 is 32.1 Å². The van der Waals surface area contributed by atoms with Crippen LogP contribution in [0, 0.1) is 0 Å². The molecule has 262 valence electrons. The van der Waals surface area contributed by atoms with Gasteiger partial charge in [-0.3, -0.25) is 9.05 Å². The van der Waals surface area contributed by atoms with E-state index in [-0.39, 0.29) is 38.8 Å². The maximum Gasteiger partial charge on any atom is 0.508 e. The van der Waals surface area contributed by atoms with Crippen molar-refractivity contribution >= 4 is 32.0 Å². The van der Waals surface area contributed by atoms with Crippen molar-refractivity contribution in [1.29, 1.82) is 0 Å². The van der Waals surface area contributed by atoms with Gasteiger partial charge in [0, 0.05) is 13.5 Å². The molecule has 1 aromatic rings. The number of nitrogens with zero attached hydrogens (tertiary/aromatic N) is 2. The van der Waals surface area contributed by atoms with Crippen molar-refractivity contribution in [3.05, 3.63) is 35.9 Å². The highest BCUT2D eigenvalue weighted by atomic mass is 31.2. The molecule has 0 bridgehead atoms. The molecule has 1 unspecified atom stereocenters. The maximum atomic E-state index is 13.6. The average Bonchev–Trinajstić information content (AvgIpc) is 3.03. The van der Waals surface area contributed by atoms with Gasteiger partial charge < -0.3 is 34.7 Å². The molecule has 1 rings (SSSR count). The second-order valence-electron chi connectivity index (χ2n) is 10.5. The van der Waals surface area contributed by atoms with Gasteiger partial charge in [-0.05, 0) is 44.1 Å². The van der Waals surface area contributed by atoms with E-state index in [0.29, 0.717) is 38.9 Å². The number of guanidine groups is 1. The van der Waals surface area contributed by atoms with Gasteiger partial charge in [-0.25, -0.2) is 18.9 Å². The first kappa shape index (κ1) is 40.7. The lowest BCUT2D eigenvalue weighted by molar-refractivity contribution is -0.141. The largest absolute Gasteiger partial charge is 0.508 e. The summed E-state index contributed by atoms with van der Waals surface area (Å²) in [5.41, 5.74) is 6.89. The molecule has 0 aromatic heterocycles. The highest BCUT2D eigenvalue weighted by Crippen LogP contribution is 2.50. The third-order valence-electron chi connectivity index (χ3n) is 6.57. The Morgan fingerprint density at radius 1 is 0.761 bits per heavy atom. The van der Waals surface area contributed by atoms with Crippen molar-refractivity contribution in [3.63, 3.8) is 0 Å². The first-order chi connectivity index (χ1) is 22.1. The van der Waals surface area contributed by atoms with Crippen molar-refractivity contribution in [2.75, 3.05) is 46.7 Å². The van der Waals surface area contributed by atoms with Crippen LogP contribution in [0.25, 0.3) is 0 Å². The third-order valence-corrected chi connectivity index (χ3v) is 8.04. The van der Waals surface area contributed by atoms with Crippen LogP contribution in [0.5, 0.6) is 0 Å². The molecule has 0 fully saturated rings. The van der Waals surface area contributed by atoms with Gasteiger partial charge in [0.15, 0.2) is 0 Å². The summed E-state index contributed by atoms with van der Waals surface area (Å²) >= 11 is 0. The molecule has 0 radical (unpaired) electrons. The van der Waals surface area contributed by atoms with E-state index in [2.05, 4.69) is 4.76 Å². The highest BCUT2D eigenvalue weighted by molar-refractivity contribution is 7.52. The number of carbonyl (C=O) groups excluding carboxylic acids is 2. The summed E-state index contributed by atoms with van der Waals surface area (Å²) < 4.78 is 48.7. The summed E-state index contributed by atoms with van der Waals surface area (Å²) in [5.74, 6) is -1.48. The Morgan fingerprint density at radius 3 is 1.59 bits per heavy atom. The van der Waals surface area contributed by atoms with Crippen LogP contribution in [0.1, 0.15) is 83.6 Å². The summed E-state index contributed by atoms with van der Waals surface area (Å²) in [5, 5.41) is 9.85. The molecule has 0 aliphatic heterocycles. The monoisotopic (exact) mass is 673 g/mol. The molecule has 3 N–H and O–H groups in total. The number of hydrogen-bond donors (Lipinski definition) is 2. The molecule has 1 atom stereocenters. The lowest BCUT2D eigenvalue weighted by Crippen LogP contribution is -2.47. The second kappa shape index (κ2) is 24.8. The van der Waals surface area contributed by atoms with Gasteiger partial charge in [0.25, 0.3) is 0 Å². The SMILES string of the molecule is CCCCCOC(=O)OCCCCOP(=O)(N=C(N)N(C)C(Cc1ccccc1)C(=O)O)OCCCCOC(=O)OCCCCC. The predicted octanol–water partition coefficient (Wildman–Crippen LogP) is 6.32. The van der Waals surface area contributed by atoms with E-state index in [1.165, 1.54) is 11.9 Å². The summed E-state index contributed by atoms with van der Waals surface area (Å²) in [6.45, 7) is 4.73. The molecule has 0 saturated carbocycles. The molecule has 0 aliphatic rings. The highest BCUT2D eigenvalue weighted by Gasteiger charge is 2.29. The summed E-state index contributed by atoms with van der Waals surface area (Å²) in [4.78, 5) is 36.6. The van der Waals surface area contributed by atoms with E-state index in [1.807, 2.05) is 19.9 Å². The van der Waals surface area contributed by atoms with Crippen LogP contribution >= 0.6 is 7.75 Å². The molecule has 0 saturated heterocycles. The Bertz CT molecular complexity index is 1040. The number of likely N-dealkylation sites (N-methyl/N-ethyl adjacent to an activating group) is 1. The number of unbranched alkanes of at least 4 members (excludes halogenated alkanes) is 6. The number of rotatable bonds is 25. The standard InChI is InChI=1S/C31H52N3O11P/c1-4-6-11-19-40-30(37)42-21-13-15-23-44-46(39,45-24-16-14-22-43-31(38)41-20-12-7-5-2)33-29(32)34(3)27(28(35)36)25-26-17-9-8-10-18-26/h8-10,17-18,27H,4-7,11-16,19-25H2,1-3H3,(H,35,36)(H2,32,33,39). The number of carboxylic acids is 1. The van der Waals surface area contributed by atoms with E-state index in [1.54, 1.807) is 24.3 Å². The van der Waals surface area contributed by atoms with Gasteiger partial charge >= 0.3 is 26.0 Å². The Hall–Kier alpha value is -3.35. The lowest BCUT2D eigenvalue weighted by Gasteiger charge is -2.26. The first-order valence-corrected chi connectivity index (χ1v) is 17.4. The number of ether oxygens (including phenoxy) is 4. The Labute approximate surface area is 272 Å². The molecule has 46 heavy (non-hydrogen) atoms. The number of carboxylic acid groups (broad SMARTS) is 1. The quantitative estimate of drug-likeness (QED) is 0.0387. The molecular weight excluding hydrogens is 621 g/mol. The van der Waals surface area contributed by atoms with Crippen molar-refractivity contribution < 1.29 is 52.1 Å². The Kier molecular flexibility index (Phi) is 22.0. The van der Waals surface area contributed by atoms with Gasteiger partial charge in [-0.2, -0.15) is 0 Å². The maximum absolute atomic E-state index is 13.6. The molecule has 1 aromatic carbocycles. The van der Waals surface area contributed by atoms with Gasteiger partial charge in [-0.1, -0.05) is 69.9 Å². The summed E-state index contributed by atoms with van der Waals surface area (Å²) in [6.07, 6.45) is 5.60. The van der Waals surface area contributed by atoms with E-state index >= 15 is 0 Å². The molecular formula is C31H52N3O11P. The van der Waals surface area contributed by atoms with Crippen LogP contribution < -0.4 is 5.73 Å². The Balaban J connectivity index is 2.71. The van der Waals surface area contributed by atoms with Crippen LogP contribution in [0.2, 0.25) is 0 Å². The summed E-state index contributed by atoms with van der Waals surface area (Å²) in [6, 6.07) is 7.90. The molecule has 14 nitrogen and oxygen atoms in total. The van der Waals surface area contributed by atoms with Gasteiger partial charge in [-0.15, -0.1) is 4.76 Å². The number of nitrogens with two attached hydrogens (primary N) is 1. The van der Waals surface area contributed by atoms with Crippen molar-refractivity contribution in [2.45, 2.75) is 90.5 Å². The lowest BCUT2D eigenvalue weighted by atomic mass is 10.1. The van der Waals surface area contributed by atoms with Gasteiger partial charge in [0.1, 0.15) is 6.04 Å². The van der Waals surface area contributed by atoms with Crippen molar-refractivity contribution in [2.24, 2.45) is 10.5 Å². The van der Waals surface area contributed by atoms with E-state index in [4.69, 9.17) is 33.7 Å². The van der Waals surface area contributed by atoms with E-state index in [9.17, 15) is 24.1 Å². The van der Waals surface area contributed by atoms with Gasteiger partial charge in [0.2, 0.25) is 5.96 Å². The number of hydrogen-bond acceptors (Lipinski definition) is 10. The molecule has 0 aliphatic carbocycles. The van der Waals surface area contributed by atoms with Crippen LogP contribution in [0.4, 0.5) is 9.59 Å². The fourth-order valence-electron chi connectivity index (χ4n) is 3.86. The minimum Gasteiger partial charge on any atom is -0.480 e.